The van der Waals surface area contributed by atoms with E-state index in [0.29, 0.717) is 0 Å². The first-order valence-corrected chi connectivity index (χ1v) is 9.47. The second-order valence-corrected chi connectivity index (χ2v) is 6.71. The molecule has 0 saturated heterocycles. The first-order chi connectivity index (χ1) is 10.4. The SMILES string of the molecule is C[CH]CCC(CCC=CCCC)C/C1=C/CCCCCC1. The van der Waals surface area contributed by atoms with Crippen molar-refractivity contribution in [3.63, 3.8) is 0 Å². The molecule has 1 unspecified atom stereocenters. The van der Waals surface area contributed by atoms with E-state index in [9.17, 15) is 0 Å². The Morgan fingerprint density at radius 1 is 1.00 bits per heavy atom. The Kier molecular flexibility index (Phi) is 11.6. The third-order valence-electron chi connectivity index (χ3n) is 4.66. The maximum absolute atomic E-state index is 2.58. The van der Waals surface area contributed by atoms with Gasteiger partial charge in [-0.05, 0) is 70.1 Å². The predicted octanol–water partition coefficient (Wildman–Crippen LogP) is 7.41. The molecular formula is C21H37. The molecule has 0 aliphatic heterocycles. The Labute approximate surface area is 134 Å². The zero-order chi connectivity index (χ0) is 15.2. The lowest BCUT2D eigenvalue weighted by Gasteiger charge is -2.19. The largest absolute Gasteiger partial charge is 0.0885 e. The summed E-state index contributed by atoms with van der Waals surface area (Å²) in [5.74, 6) is 0.901. The van der Waals surface area contributed by atoms with Crippen molar-refractivity contribution in [3.05, 3.63) is 30.2 Å². The molecule has 0 spiro atoms. The molecule has 0 aromatic rings. The zero-order valence-corrected chi connectivity index (χ0v) is 14.6. The van der Waals surface area contributed by atoms with E-state index in [1.54, 1.807) is 5.57 Å². The Morgan fingerprint density at radius 2 is 1.76 bits per heavy atom. The van der Waals surface area contributed by atoms with Gasteiger partial charge in [0, 0.05) is 0 Å². The van der Waals surface area contributed by atoms with Crippen LogP contribution in [0.2, 0.25) is 0 Å². The Morgan fingerprint density at radius 3 is 2.57 bits per heavy atom. The maximum Gasteiger partial charge on any atom is -0.0292 e. The van der Waals surface area contributed by atoms with Crippen molar-refractivity contribution in [2.24, 2.45) is 5.92 Å². The minimum Gasteiger partial charge on any atom is -0.0885 e. The molecule has 0 fully saturated rings. The van der Waals surface area contributed by atoms with Crippen molar-refractivity contribution in [2.75, 3.05) is 0 Å². The second kappa shape index (κ2) is 13.2. The minimum atomic E-state index is 0.901. The number of unbranched alkanes of at least 4 members (excludes halogenated alkanes) is 2. The van der Waals surface area contributed by atoms with Gasteiger partial charge in [0.25, 0.3) is 0 Å². The van der Waals surface area contributed by atoms with Crippen LogP contribution in [0.15, 0.2) is 23.8 Å². The molecule has 1 atom stereocenters. The van der Waals surface area contributed by atoms with Crippen molar-refractivity contribution >= 4 is 0 Å². The lowest BCUT2D eigenvalue weighted by molar-refractivity contribution is 0.438. The summed E-state index contributed by atoms with van der Waals surface area (Å²) in [4.78, 5) is 0. The zero-order valence-electron chi connectivity index (χ0n) is 14.6. The van der Waals surface area contributed by atoms with Crippen LogP contribution in [-0.2, 0) is 0 Å². The summed E-state index contributed by atoms with van der Waals surface area (Å²) in [6.07, 6.45) is 27.4. The smallest absolute Gasteiger partial charge is 0.0292 e. The normalized spacial score (nSPS) is 20.8. The third-order valence-corrected chi connectivity index (χ3v) is 4.66. The highest BCUT2D eigenvalue weighted by molar-refractivity contribution is 5.04. The number of rotatable bonds is 10. The summed E-state index contributed by atoms with van der Waals surface area (Å²) < 4.78 is 0. The summed E-state index contributed by atoms with van der Waals surface area (Å²) in [5.41, 5.74) is 1.77. The van der Waals surface area contributed by atoms with Crippen LogP contribution in [0.25, 0.3) is 0 Å². The molecule has 21 heavy (non-hydrogen) atoms. The summed E-state index contributed by atoms with van der Waals surface area (Å²) in [6, 6.07) is 0. The van der Waals surface area contributed by atoms with E-state index >= 15 is 0 Å². The molecule has 1 aliphatic rings. The molecule has 0 saturated carbocycles. The minimum absolute atomic E-state index is 0.901. The molecule has 1 radical (unpaired) electrons. The van der Waals surface area contributed by atoms with E-state index in [4.69, 9.17) is 0 Å². The molecule has 0 heterocycles. The first-order valence-electron chi connectivity index (χ1n) is 9.47. The van der Waals surface area contributed by atoms with Gasteiger partial charge in [0.05, 0.1) is 0 Å². The average Bonchev–Trinajstić information content (AvgIpc) is 2.46. The van der Waals surface area contributed by atoms with E-state index < -0.39 is 0 Å². The van der Waals surface area contributed by atoms with Gasteiger partial charge in [0.15, 0.2) is 0 Å². The first kappa shape index (κ1) is 18.5. The van der Waals surface area contributed by atoms with Gasteiger partial charge in [-0.15, -0.1) is 0 Å². The summed E-state index contributed by atoms with van der Waals surface area (Å²) in [5, 5.41) is 0. The summed E-state index contributed by atoms with van der Waals surface area (Å²) in [6.45, 7) is 4.46. The topological polar surface area (TPSA) is 0 Å². The molecule has 0 N–H and O–H groups in total. The predicted molar refractivity (Wildman–Crippen MR) is 96.4 cm³/mol. The molecule has 1 aliphatic carbocycles. The Hall–Kier alpha value is -0.520. The van der Waals surface area contributed by atoms with Crippen LogP contribution < -0.4 is 0 Å². The molecule has 0 aromatic heterocycles. The number of allylic oxidation sites excluding steroid dienone is 4. The molecule has 121 valence electrons. The van der Waals surface area contributed by atoms with E-state index in [1.807, 2.05) is 0 Å². The van der Waals surface area contributed by atoms with E-state index in [1.165, 1.54) is 83.5 Å². The van der Waals surface area contributed by atoms with Gasteiger partial charge in [-0.25, -0.2) is 0 Å². The van der Waals surface area contributed by atoms with Gasteiger partial charge in [0.2, 0.25) is 0 Å². The fraction of sp³-hybridized carbons (Fsp3) is 0.762. The van der Waals surface area contributed by atoms with Gasteiger partial charge in [-0.1, -0.05) is 63.3 Å². The fourth-order valence-electron chi connectivity index (χ4n) is 3.30. The van der Waals surface area contributed by atoms with Gasteiger partial charge >= 0.3 is 0 Å². The second-order valence-electron chi connectivity index (χ2n) is 6.71. The molecule has 0 amide bonds. The number of hydrogen-bond donors (Lipinski definition) is 0. The average molecular weight is 290 g/mol. The van der Waals surface area contributed by atoms with E-state index in [-0.39, 0.29) is 0 Å². The third kappa shape index (κ3) is 9.93. The molecule has 0 aromatic carbocycles. The van der Waals surface area contributed by atoms with Crippen LogP contribution in [0.3, 0.4) is 0 Å². The molecule has 0 bridgehead atoms. The lowest BCUT2D eigenvalue weighted by atomic mass is 9.87. The van der Waals surface area contributed by atoms with Crippen LogP contribution in [0, 0.1) is 12.3 Å². The Bertz CT molecular complexity index is 284. The van der Waals surface area contributed by atoms with Gasteiger partial charge < -0.3 is 0 Å². The summed E-state index contributed by atoms with van der Waals surface area (Å²) >= 11 is 0. The van der Waals surface area contributed by atoms with Crippen LogP contribution >= 0.6 is 0 Å². The summed E-state index contributed by atoms with van der Waals surface area (Å²) in [7, 11) is 0. The van der Waals surface area contributed by atoms with E-state index in [2.05, 4.69) is 38.5 Å². The number of hydrogen-bond acceptors (Lipinski definition) is 0. The van der Waals surface area contributed by atoms with Gasteiger partial charge in [0.1, 0.15) is 0 Å². The highest BCUT2D eigenvalue weighted by Crippen LogP contribution is 2.28. The van der Waals surface area contributed by atoms with Crippen molar-refractivity contribution in [1.29, 1.82) is 0 Å². The standard InChI is InChI=1S/C21H37/c1-3-5-7-9-12-16-20(15-6-4-2)19-21-17-13-10-8-11-14-18-21/h4,7,9,17,20H,3,5-6,8,10-16,18-19H2,1-2H3/b9-7?,21-17+. The van der Waals surface area contributed by atoms with E-state index in [0.717, 1.165) is 5.92 Å². The van der Waals surface area contributed by atoms with Gasteiger partial charge in [-0.3, -0.25) is 0 Å². The molecule has 1 rings (SSSR count). The van der Waals surface area contributed by atoms with Crippen molar-refractivity contribution < 1.29 is 0 Å². The maximum atomic E-state index is 2.58. The quantitative estimate of drug-likeness (QED) is 0.367. The van der Waals surface area contributed by atoms with Crippen molar-refractivity contribution in [2.45, 2.75) is 97.3 Å². The lowest BCUT2D eigenvalue weighted by Crippen LogP contribution is -2.04. The Balaban J connectivity index is 2.39. The van der Waals surface area contributed by atoms with Crippen LogP contribution in [0.4, 0.5) is 0 Å². The highest BCUT2D eigenvalue weighted by atomic mass is 14.2. The van der Waals surface area contributed by atoms with Crippen molar-refractivity contribution in [1.82, 2.24) is 0 Å². The fourth-order valence-corrected chi connectivity index (χ4v) is 3.30. The van der Waals surface area contributed by atoms with Crippen LogP contribution in [0.5, 0.6) is 0 Å². The van der Waals surface area contributed by atoms with Crippen LogP contribution in [0.1, 0.15) is 97.3 Å². The van der Waals surface area contributed by atoms with Gasteiger partial charge in [-0.2, -0.15) is 0 Å². The molecule has 0 nitrogen and oxygen atoms in total. The monoisotopic (exact) mass is 289 g/mol. The van der Waals surface area contributed by atoms with Crippen LogP contribution in [-0.4, -0.2) is 0 Å². The molecule has 0 heteroatoms. The highest BCUT2D eigenvalue weighted by Gasteiger charge is 2.11. The molecular weight excluding hydrogens is 252 g/mol. The van der Waals surface area contributed by atoms with Crippen molar-refractivity contribution in [3.8, 4) is 0 Å².